The van der Waals surface area contributed by atoms with E-state index in [9.17, 15) is 4.39 Å². The number of nitrogens with one attached hydrogen (secondary N) is 1. The van der Waals surface area contributed by atoms with Crippen LogP contribution in [0, 0.1) is 5.82 Å². The fourth-order valence-electron chi connectivity index (χ4n) is 1.71. The monoisotopic (exact) mass is 269 g/mol. The number of ether oxygens (including phenoxy) is 1. The predicted molar refractivity (Wildman–Crippen MR) is 71.7 cm³/mol. The van der Waals surface area contributed by atoms with Crippen molar-refractivity contribution < 1.29 is 14.3 Å². The van der Waals surface area contributed by atoms with Crippen LogP contribution in [0.15, 0.2) is 23.4 Å². The van der Waals surface area contributed by atoms with Crippen LogP contribution in [-0.2, 0) is 11.3 Å². The lowest BCUT2D eigenvalue weighted by Gasteiger charge is -2.25. The minimum Gasteiger partial charge on any atom is -0.409 e. The Morgan fingerprint density at radius 3 is 2.79 bits per heavy atom. The number of hydrogen-bond acceptors (Lipinski definition) is 4. The molecule has 0 heterocycles. The Morgan fingerprint density at radius 1 is 1.53 bits per heavy atom. The van der Waals surface area contributed by atoms with Gasteiger partial charge in [0.2, 0.25) is 0 Å². The van der Waals surface area contributed by atoms with Gasteiger partial charge in [0.05, 0.1) is 12.2 Å². The first-order valence-electron chi connectivity index (χ1n) is 5.90. The van der Waals surface area contributed by atoms with Crippen LogP contribution in [0.3, 0.4) is 0 Å². The summed E-state index contributed by atoms with van der Waals surface area (Å²) >= 11 is 0. The molecule has 0 radical (unpaired) electrons. The van der Waals surface area contributed by atoms with Gasteiger partial charge in [0.1, 0.15) is 5.82 Å². The van der Waals surface area contributed by atoms with Crippen molar-refractivity contribution >= 4 is 5.84 Å². The van der Waals surface area contributed by atoms with Crippen LogP contribution < -0.4 is 11.1 Å². The molecule has 0 aliphatic carbocycles. The molecule has 1 aromatic rings. The summed E-state index contributed by atoms with van der Waals surface area (Å²) in [6, 6.07) is 4.78. The van der Waals surface area contributed by atoms with Gasteiger partial charge < -0.3 is 21.0 Å². The third-order valence-electron chi connectivity index (χ3n) is 2.72. The molecule has 0 atom stereocenters. The average Bonchev–Trinajstić information content (AvgIpc) is 2.36. The second-order valence-electron chi connectivity index (χ2n) is 4.93. The maximum Gasteiger partial charge on any atom is 0.173 e. The molecule has 1 aromatic carbocycles. The molecule has 0 saturated heterocycles. The zero-order chi connectivity index (χ0) is 14.5. The number of methoxy groups -OCH3 is 1. The number of nitrogens with zero attached hydrogens (tertiary/aromatic N) is 1. The van der Waals surface area contributed by atoms with Crippen LogP contribution in [0.4, 0.5) is 4.39 Å². The van der Waals surface area contributed by atoms with Gasteiger partial charge in [-0.25, -0.2) is 4.39 Å². The van der Waals surface area contributed by atoms with Gasteiger partial charge in [0.25, 0.3) is 0 Å². The van der Waals surface area contributed by atoms with Crippen LogP contribution in [0.1, 0.15) is 25.0 Å². The Balaban J connectivity index is 2.86. The number of nitrogens with two attached hydrogens (primary N) is 1. The van der Waals surface area contributed by atoms with Crippen molar-refractivity contribution in [2.45, 2.75) is 25.9 Å². The average molecular weight is 269 g/mol. The van der Waals surface area contributed by atoms with E-state index in [1.807, 2.05) is 13.8 Å². The van der Waals surface area contributed by atoms with Crippen LogP contribution in [0.25, 0.3) is 0 Å². The number of halogens is 1. The molecule has 0 fully saturated rings. The summed E-state index contributed by atoms with van der Waals surface area (Å²) in [5.41, 5.74) is 5.68. The van der Waals surface area contributed by atoms with Crippen molar-refractivity contribution in [3.8, 4) is 0 Å². The molecule has 0 amide bonds. The van der Waals surface area contributed by atoms with Crippen molar-refractivity contribution in [3.05, 3.63) is 35.1 Å². The topological polar surface area (TPSA) is 79.9 Å². The molecule has 6 heteroatoms. The molecule has 0 aliphatic rings. The first-order chi connectivity index (χ1) is 8.91. The largest absolute Gasteiger partial charge is 0.409 e. The Morgan fingerprint density at radius 2 is 2.21 bits per heavy atom. The molecule has 0 aliphatic heterocycles. The van der Waals surface area contributed by atoms with Gasteiger partial charge >= 0.3 is 0 Å². The Labute approximate surface area is 112 Å². The molecular weight excluding hydrogens is 249 g/mol. The quantitative estimate of drug-likeness (QED) is 0.316. The van der Waals surface area contributed by atoms with Crippen LogP contribution in [0.2, 0.25) is 0 Å². The lowest BCUT2D eigenvalue weighted by molar-refractivity contribution is 0.127. The molecule has 5 nitrogen and oxygen atoms in total. The van der Waals surface area contributed by atoms with Crippen molar-refractivity contribution in [1.82, 2.24) is 5.32 Å². The Bertz CT molecular complexity index is 461. The van der Waals surface area contributed by atoms with Gasteiger partial charge in [0.15, 0.2) is 5.84 Å². The second-order valence-corrected chi connectivity index (χ2v) is 4.93. The summed E-state index contributed by atoms with van der Waals surface area (Å²) in [6.07, 6.45) is 0. The van der Waals surface area contributed by atoms with E-state index in [2.05, 4.69) is 10.5 Å². The van der Waals surface area contributed by atoms with E-state index in [0.717, 1.165) is 0 Å². The molecule has 0 saturated carbocycles. The number of hydrogen-bond donors (Lipinski definition) is 3. The van der Waals surface area contributed by atoms with E-state index in [0.29, 0.717) is 18.7 Å². The van der Waals surface area contributed by atoms with E-state index in [4.69, 9.17) is 15.7 Å². The Hall–Kier alpha value is -1.66. The summed E-state index contributed by atoms with van der Waals surface area (Å²) in [5, 5.41) is 14.6. The molecule has 0 aromatic heterocycles. The van der Waals surface area contributed by atoms with Gasteiger partial charge in [-0.1, -0.05) is 17.3 Å². The second kappa shape index (κ2) is 6.49. The highest BCUT2D eigenvalue weighted by molar-refractivity contribution is 5.97. The van der Waals surface area contributed by atoms with Crippen LogP contribution in [-0.4, -0.2) is 30.3 Å². The molecule has 0 unspecified atom stereocenters. The number of rotatable bonds is 6. The maximum absolute atomic E-state index is 14.1. The van der Waals surface area contributed by atoms with Crippen molar-refractivity contribution in [1.29, 1.82) is 0 Å². The summed E-state index contributed by atoms with van der Waals surface area (Å²) < 4.78 is 19.2. The van der Waals surface area contributed by atoms with E-state index < -0.39 is 5.82 Å². The molecule has 0 spiro atoms. The zero-order valence-electron chi connectivity index (χ0n) is 11.4. The van der Waals surface area contributed by atoms with Crippen molar-refractivity contribution in [2.24, 2.45) is 10.9 Å². The van der Waals surface area contributed by atoms with Gasteiger partial charge in [-0.05, 0) is 19.9 Å². The minimum absolute atomic E-state index is 0.0892. The van der Waals surface area contributed by atoms with Gasteiger partial charge in [0, 0.05) is 24.8 Å². The van der Waals surface area contributed by atoms with Crippen LogP contribution >= 0.6 is 0 Å². The van der Waals surface area contributed by atoms with E-state index in [1.165, 1.54) is 6.07 Å². The summed E-state index contributed by atoms with van der Waals surface area (Å²) in [7, 11) is 1.61. The highest BCUT2D eigenvalue weighted by Gasteiger charge is 2.18. The van der Waals surface area contributed by atoms with Crippen LogP contribution in [0.5, 0.6) is 0 Å². The summed E-state index contributed by atoms with van der Waals surface area (Å²) in [6.45, 7) is 4.76. The van der Waals surface area contributed by atoms with E-state index in [-0.39, 0.29) is 16.9 Å². The summed E-state index contributed by atoms with van der Waals surface area (Å²) in [5.74, 6) is -0.728. The fourth-order valence-corrected chi connectivity index (χ4v) is 1.71. The first-order valence-corrected chi connectivity index (χ1v) is 5.90. The lowest BCUT2D eigenvalue weighted by Crippen LogP contribution is -2.42. The van der Waals surface area contributed by atoms with Gasteiger partial charge in [-0.3, -0.25) is 0 Å². The zero-order valence-corrected chi connectivity index (χ0v) is 11.4. The molecule has 1 rings (SSSR count). The smallest absolute Gasteiger partial charge is 0.173 e. The maximum atomic E-state index is 14.1. The van der Waals surface area contributed by atoms with E-state index in [1.54, 1.807) is 19.2 Å². The van der Waals surface area contributed by atoms with Gasteiger partial charge in [-0.2, -0.15) is 0 Å². The minimum atomic E-state index is -0.487. The molecule has 19 heavy (non-hydrogen) atoms. The Kier molecular flexibility index (Phi) is 5.26. The SMILES string of the molecule is COCC(C)(C)NCc1cccc(/C(N)=N/O)c1F. The van der Waals surface area contributed by atoms with Gasteiger partial charge in [-0.15, -0.1) is 0 Å². The molecule has 0 bridgehead atoms. The normalized spacial score (nSPS) is 12.7. The fraction of sp³-hybridized carbons (Fsp3) is 0.462. The third-order valence-corrected chi connectivity index (χ3v) is 2.72. The highest BCUT2D eigenvalue weighted by atomic mass is 19.1. The third kappa shape index (κ3) is 4.18. The van der Waals surface area contributed by atoms with Crippen molar-refractivity contribution in [3.63, 3.8) is 0 Å². The highest BCUT2D eigenvalue weighted by Crippen LogP contribution is 2.14. The number of amidine groups is 1. The first kappa shape index (κ1) is 15.4. The molecule has 4 N–H and O–H groups in total. The van der Waals surface area contributed by atoms with Crippen molar-refractivity contribution in [2.75, 3.05) is 13.7 Å². The standard InChI is InChI=1S/C13H20FN3O2/c1-13(2,8-19-3)16-7-9-5-4-6-10(11(9)14)12(15)17-18/h4-6,16,18H,7-8H2,1-3H3,(H2,15,17). The predicted octanol–water partition coefficient (Wildman–Crippen LogP) is 1.43. The lowest BCUT2D eigenvalue weighted by atomic mass is 10.0. The molecular formula is C13H20FN3O2. The summed E-state index contributed by atoms with van der Waals surface area (Å²) in [4.78, 5) is 0. The van der Waals surface area contributed by atoms with E-state index >= 15 is 0 Å². The molecule has 106 valence electrons. The number of benzene rings is 1. The number of oxime groups is 1.